The van der Waals surface area contributed by atoms with Crippen LogP contribution in [-0.4, -0.2) is 65.1 Å². The van der Waals surface area contributed by atoms with Gasteiger partial charge in [-0.15, -0.1) is 0 Å². The van der Waals surface area contributed by atoms with E-state index in [0.29, 0.717) is 38.6 Å². The molecule has 0 aliphatic carbocycles. The second-order valence-electron chi connectivity index (χ2n) is 9.46. The Morgan fingerprint density at radius 1 is 0.676 bits per heavy atom. The summed E-state index contributed by atoms with van der Waals surface area (Å²) in [7, 11) is 0. The summed E-state index contributed by atoms with van der Waals surface area (Å²) in [5.74, 6) is 1.78. The standard InChI is InChI=1S/C28H38O6/c1-28(2,23-7-11-25(12-8-23)32-17-4-15-30-19-27-21-34-27)22-5-9-24(10-6-22)31-16-3-14-29-18-13-26-20-33-26/h5-12,26-27H,3-4,13-21H2,1-2H3. The monoisotopic (exact) mass is 470 g/mol. The van der Waals surface area contributed by atoms with Crippen molar-refractivity contribution in [2.75, 3.05) is 52.9 Å². The zero-order chi connectivity index (χ0) is 23.6. The van der Waals surface area contributed by atoms with Crippen molar-refractivity contribution in [2.24, 2.45) is 0 Å². The summed E-state index contributed by atoms with van der Waals surface area (Å²) < 4.78 is 33.2. The van der Waals surface area contributed by atoms with Crippen molar-refractivity contribution in [2.45, 2.75) is 50.7 Å². The topological polar surface area (TPSA) is 62.0 Å². The Bertz CT molecular complexity index is 840. The zero-order valence-electron chi connectivity index (χ0n) is 20.5. The van der Waals surface area contributed by atoms with Gasteiger partial charge in [0.05, 0.1) is 39.1 Å². The van der Waals surface area contributed by atoms with E-state index in [1.807, 2.05) is 12.1 Å². The van der Waals surface area contributed by atoms with Crippen LogP contribution in [0.15, 0.2) is 48.5 Å². The molecule has 6 heteroatoms. The molecule has 0 radical (unpaired) electrons. The molecular formula is C28H38O6. The predicted molar refractivity (Wildman–Crippen MR) is 131 cm³/mol. The largest absolute Gasteiger partial charge is 0.494 e. The maximum absolute atomic E-state index is 5.88. The van der Waals surface area contributed by atoms with Crippen molar-refractivity contribution >= 4 is 0 Å². The van der Waals surface area contributed by atoms with Gasteiger partial charge in [0, 0.05) is 38.1 Å². The van der Waals surface area contributed by atoms with Crippen molar-refractivity contribution in [3.05, 3.63) is 59.7 Å². The second kappa shape index (κ2) is 12.5. The maximum Gasteiger partial charge on any atom is 0.119 e. The Kier molecular flexibility index (Phi) is 9.22. The van der Waals surface area contributed by atoms with Crippen molar-refractivity contribution < 1.29 is 28.4 Å². The van der Waals surface area contributed by atoms with Gasteiger partial charge in [0.2, 0.25) is 0 Å². The lowest BCUT2D eigenvalue weighted by Gasteiger charge is -2.26. The van der Waals surface area contributed by atoms with Gasteiger partial charge in [-0.05, 0) is 41.8 Å². The molecule has 186 valence electrons. The van der Waals surface area contributed by atoms with Gasteiger partial charge in [-0.3, -0.25) is 0 Å². The van der Waals surface area contributed by atoms with Gasteiger partial charge in [0.15, 0.2) is 0 Å². The molecule has 2 aromatic rings. The van der Waals surface area contributed by atoms with Crippen molar-refractivity contribution in [1.82, 2.24) is 0 Å². The summed E-state index contributed by atoms with van der Waals surface area (Å²) in [6.07, 6.45) is 3.52. The fourth-order valence-electron chi connectivity index (χ4n) is 3.73. The molecule has 2 unspecified atom stereocenters. The highest BCUT2D eigenvalue weighted by molar-refractivity contribution is 5.41. The molecule has 2 aromatic carbocycles. The molecule has 2 fully saturated rings. The highest BCUT2D eigenvalue weighted by Gasteiger charge is 2.24. The van der Waals surface area contributed by atoms with E-state index in [9.17, 15) is 0 Å². The van der Waals surface area contributed by atoms with Crippen molar-refractivity contribution in [3.8, 4) is 11.5 Å². The lowest BCUT2D eigenvalue weighted by Crippen LogP contribution is -2.18. The molecule has 2 aliphatic heterocycles. The number of rotatable bonds is 17. The normalized spacial score (nSPS) is 19.1. The Morgan fingerprint density at radius 3 is 1.68 bits per heavy atom. The van der Waals surface area contributed by atoms with E-state index in [4.69, 9.17) is 28.4 Å². The number of ether oxygens (including phenoxy) is 6. The van der Waals surface area contributed by atoms with Crippen LogP contribution in [0.4, 0.5) is 0 Å². The lowest BCUT2D eigenvalue weighted by atomic mass is 9.78. The van der Waals surface area contributed by atoms with Crippen LogP contribution in [0.25, 0.3) is 0 Å². The minimum Gasteiger partial charge on any atom is -0.494 e. The Labute approximate surface area is 203 Å². The first-order chi connectivity index (χ1) is 16.6. The Morgan fingerprint density at radius 2 is 1.18 bits per heavy atom. The summed E-state index contributed by atoms with van der Waals surface area (Å²) in [5.41, 5.74) is 2.38. The van der Waals surface area contributed by atoms with E-state index in [-0.39, 0.29) is 5.41 Å². The average Bonchev–Trinajstić information content (AvgIpc) is 3.77. The van der Waals surface area contributed by atoms with Crippen LogP contribution >= 0.6 is 0 Å². The number of hydrogen-bond acceptors (Lipinski definition) is 6. The Balaban J connectivity index is 1.15. The van der Waals surface area contributed by atoms with Gasteiger partial charge in [-0.1, -0.05) is 38.1 Å². The van der Waals surface area contributed by atoms with E-state index < -0.39 is 0 Å². The van der Waals surface area contributed by atoms with Crippen LogP contribution < -0.4 is 9.47 Å². The first kappa shape index (κ1) is 25.0. The summed E-state index contributed by atoms with van der Waals surface area (Å²) in [4.78, 5) is 0. The SMILES string of the molecule is CC(C)(c1ccc(OCCCOCCC2CO2)cc1)c1ccc(OCCCOCC2CO2)cc1. The molecular weight excluding hydrogens is 432 g/mol. The number of hydrogen-bond donors (Lipinski definition) is 0. The van der Waals surface area contributed by atoms with Gasteiger partial charge in [-0.25, -0.2) is 0 Å². The number of benzene rings is 2. The van der Waals surface area contributed by atoms with Gasteiger partial charge in [-0.2, -0.15) is 0 Å². The average molecular weight is 471 g/mol. The fraction of sp³-hybridized carbons (Fsp3) is 0.571. The first-order valence-corrected chi connectivity index (χ1v) is 12.5. The first-order valence-electron chi connectivity index (χ1n) is 12.5. The highest BCUT2D eigenvalue weighted by atomic mass is 16.6. The molecule has 2 aliphatic rings. The fourth-order valence-corrected chi connectivity index (χ4v) is 3.73. The van der Waals surface area contributed by atoms with Crippen LogP contribution in [0, 0.1) is 0 Å². The van der Waals surface area contributed by atoms with Crippen LogP contribution in [0.1, 0.15) is 44.2 Å². The van der Waals surface area contributed by atoms with E-state index in [1.54, 1.807) is 0 Å². The van der Waals surface area contributed by atoms with Gasteiger partial charge in [0.25, 0.3) is 0 Å². The van der Waals surface area contributed by atoms with E-state index in [0.717, 1.165) is 57.2 Å². The summed E-state index contributed by atoms with van der Waals surface area (Å²) in [5, 5.41) is 0. The number of epoxide rings is 2. The van der Waals surface area contributed by atoms with Gasteiger partial charge in [0.1, 0.15) is 17.6 Å². The third-order valence-corrected chi connectivity index (χ3v) is 6.25. The summed E-state index contributed by atoms with van der Waals surface area (Å²) in [6, 6.07) is 16.8. The van der Waals surface area contributed by atoms with Gasteiger partial charge < -0.3 is 28.4 Å². The van der Waals surface area contributed by atoms with Crippen LogP contribution in [0.3, 0.4) is 0 Å². The van der Waals surface area contributed by atoms with Crippen molar-refractivity contribution in [1.29, 1.82) is 0 Å². The minimum absolute atomic E-state index is 0.116. The van der Waals surface area contributed by atoms with E-state index >= 15 is 0 Å². The maximum atomic E-state index is 5.88. The zero-order valence-corrected chi connectivity index (χ0v) is 20.5. The minimum atomic E-state index is -0.116. The highest BCUT2D eigenvalue weighted by Crippen LogP contribution is 2.33. The van der Waals surface area contributed by atoms with Crippen LogP contribution in [0.5, 0.6) is 11.5 Å². The molecule has 0 N–H and O–H groups in total. The molecule has 0 bridgehead atoms. The molecule has 0 saturated carbocycles. The van der Waals surface area contributed by atoms with E-state index in [2.05, 4.69) is 50.2 Å². The van der Waals surface area contributed by atoms with E-state index in [1.165, 1.54) is 11.1 Å². The summed E-state index contributed by atoms with van der Waals surface area (Å²) in [6.45, 7) is 10.4. The molecule has 4 rings (SSSR count). The van der Waals surface area contributed by atoms with Crippen molar-refractivity contribution in [3.63, 3.8) is 0 Å². The van der Waals surface area contributed by atoms with Crippen LogP contribution in [-0.2, 0) is 24.4 Å². The Hall–Kier alpha value is -2.12. The molecule has 0 spiro atoms. The smallest absolute Gasteiger partial charge is 0.119 e. The molecule has 0 aromatic heterocycles. The lowest BCUT2D eigenvalue weighted by molar-refractivity contribution is 0.104. The summed E-state index contributed by atoms with van der Waals surface area (Å²) >= 11 is 0. The molecule has 0 amide bonds. The third-order valence-electron chi connectivity index (χ3n) is 6.25. The molecule has 34 heavy (non-hydrogen) atoms. The third kappa shape index (κ3) is 8.27. The van der Waals surface area contributed by atoms with Gasteiger partial charge >= 0.3 is 0 Å². The molecule has 2 atom stereocenters. The quantitative estimate of drug-likeness (QED) is 0.245. The molecule has 6 nitrogen and oxygen atoms in total. The van der Waals surface area contributed by atoms with Crippen LogP contribution in [0.2, 0.25) is 0 Å². The second-order valence-corrected chi connectivity index (χ2v) is 9.46. The molecule has 2 saturated heterocycles. The predicted octanol–water partition coefficient (Wildman–Crippen LogP) is 4.77. The molecule has 2 heterocycles.